The molecule has 1 N–H and O–H groups in total. The fraction of sp³-hybridized carbons (Fsp3) is 0.818. The van der Waals surface area contributed by atoms with Gasteiger partial charge in [0.05, 0.1) is 13.2 Å². The maximum Gasteiger partial charge on any atom is 0.323 e. The second-order valence-corrected chi connectivity index (χ2v) is 4.40. The lowest BCUT2D eigenvalue weighted by atomic mass is 10.00. The van der Waals surface area contributed by atoms with E-state index in [9.17, 15) is 9.59 Å². The number of esters is 1. The average Bonchev–Trinajstić information content (AvgIpc) is 2.14. The first-order valence-corrected chi connectivity index (χ1v) is 5.61. The van der Waals surface area contributed by atoms with E-state index in [2.05, 4.69) is 10.1 Å². The number of carbonyl (C=O) groups excluding carboxylic acids is 2. The highest BCUT2D eigenvalue weighted by atomic mass is 16.5. The molecule has 0 bridgehead atoms. The Morgan fingerprint density at radius 3 is 2.38 bits per heavy atom. The molecule has 0 aliphatic carbocycles. The topological polar surface area (TPSA) is 58.6 Å². The van der Waals surface area contributed by atoms with Gasteiger partial charge in [-0.05, 0) is 27.2 Å². The van der Waals surface area contributed by atoms with Crippen LogP contribution in [0.1, 0.15) is 27.2 Å². The maximum absolute atomic E-state index is 11.7. The van der Waals surface area contributed by atoms with Crippen molar-refractivity contribution in [2.24, 2.45) is 0 Å². The first-order valence-electron chi connectivity index (χ1n) is 5.61. The first kappa shape index (κ1) is 13.0. The number of hydrogen-bond acceptors (Lipinski definition) is 4. The lowest BCUT2D eigenvalue weighted by molar-refractivity contribution is -0.155. The van der Waals surface area contributed by atoms with Gasteiger partial charge in [-0.25, -0.2) is 0 Å². The molecule has 1 aliphatic heterocycles. The summed E-state index contributed by atoms with van der Waals surface area (Å²) in [5.41, 5.74) is 0. The van der Waals surface area contributed by atoms with Crippen LogP contribution in [0.5, 0.6) is 0 Å². The van der Waals surface area contributed by atoms with Gasteiger partial charge in [-0.2, -0.15) is 0 Å². The van der Waals surface area contributed by atoms with E-state index in [1.165, 1.54) is 7.11 Å². The van der Waals surface area contributed by atoms with Gasteiger partial charge in [0.1, 0.15) is 6.04 Å². The van der Waals surface area contributed by atoms with Crippen LogP contribution in [0.25, 0.3) is 0 Å². The van der Waals surface area contributed by atoms with Crippen molar-refractivity contribution in [3.05, 3.63) is 0 Å². The fourth-order valence-electron chi connectivity index (χ4n) is 1.82. The lowest BCUT2D eigenvalue weighted by Crippen LogP contribution is -2.60. The highest BCUT2D eigenvalue weighted by Gasteiger charge is 2.40. The molecule has 0 radical (unpaired) electrons. The summed E-state index contributed by atoms with van der Waals surface area (Å²) in [5, 5.41) is 2.84. The molecule has 1 aliphatic rings. The standard InChI is InChI=1S/C11H20N2O3/c1-7(2)12-10(14)8(3)13-6-5-9(13)11(15)16-4/h7-9H,5-6H2,1-4H3,(H,12,14). The minimum atomic E-state index is -0.278. The highest BCUT2D eigenvalue weighted by Crippen LogP contribution is 2.21. The van der Waals surface area contributed by atoms with Crippen molar-refractivity contribution < 1.29 is 14.3 Å². The van der Waals surface area contributed by atoms with E-state index in [1.807, 2.05) is 25.7 Å². The Kier molecular flexibility index (Phi) is 4.29. The van der Waals surface area contributed by atoms with E-state index in [4.69, 9.17) is 0 Å². The minimum Gasteiger partial charge on any atom is -0.468 e. The number of nitrogens with one attached hydrogen (secondary N) is 1. The van der Waals surface area contributed by atoms with Gasteiger partial charge < -0.3 is 10.1 Å². The van der Waals surface area contributed by atoms with Crippen LogP contribution in [-0.4, -0.2) is 48.6 Å². The molecule has 0 spiro atoms. The molecule has 1 rings (SSSR count). The van der Waals surface area contributed by atoms with Crippen molar-refractivity contribution in [2.75, 3.05) is 13.7 Å². The fourth-order valence-corrected chi connectivity index (χ4v) is 1.82. The summed E-state index contributed by atoms with van der Waals surface area (Å²) in [7, 11) is 1.37. The number of rotatable bonds is 4. The molecule has 16 heavy (non-hydrogen) atoms. The van der Waals surface area contributed by atoms with Gasteiger partial charge in [0, 0.05) is 12.6 Å². The Labute approximate surface area is 96.1 Å². The van der Waals surface area contributed by atoms with Crippen molar-refractivity contribution in [2.45, 2.75) is 45.3 Å². The Balaban J connectivity index is 2.51. The molecule has 5 nitrogen and oxygen atoms in total. The summed E-state index contributed by atoms with van der Waals surface area (Å²) in [6.07, 6.45) is 0.770. The van der Waals surface area contributed by atoms with Crippen molar-refractivity contribution in [3.63, 3.8) is 0 Å². The summed E-state index contributed by atoms with van der Waals surface area (Å²) in [6, 6.07) is -0.411. The summed E-state index contributed by atoms with van der Waals surface area (Å²) in [5.74, 6) is -0.293. The molecule has 0 saturated carbocycles. The zero-order valence-corrected chi connectivity index (χ0v) is 10.3. The molecular weight excluding hydrogens is 208 g/mol. The van der Waals surface area contributed by atoms with Crippen molar-refractivity contribution >= 4 is 11.9 Å². The predicted molar refractivity (Wildman–Crippen MR) is 59.9 cm³/mol. The minimum absolute atomic E-state index is 0.0383. The van der Waals surface area contributed by atoms with Crippen molar-refractivity contribution in [1.82, 2.24) is 10.2 Å². The van der Waals surface area contributed by atoms with Crippen molar-refractivity contribution in [3.8, 4) is 0 Å². The van der Waals surface area contributed by atoms with Gasteiger partial charge in [0.15, 0.2) is 0 Å². The van der Waals surface area contributed by atoms with Gasteiger partial charge in [0.2, 0.25) is 5.91 Å². The lowest BCUT2D eigenvalue weighted by Gasteiger charge is -2.42. The molecule has 1 saturated heterocycles. The van der Waals surface area contributed by atoms with Crippen molar-refractivity contribution in [1.29, 1.82) is 0 Å². The summed E-state index contributed by atoms with van der Waals surface area (Å²) in [6.45, 7) is 6.41. The van der Waals surface area contributed by atoms with Crippen LogP contribution in [0.2, 0.25) is 0 Å². The van der Waals surface area contributed by atoms with Crippen LogP contribution in [0.4, 0.5) is 0 Å². The van der Waals surface area contributed by atoms with Gasteiger partial charge in [0.25, 0.3) is 0 Å². The Bertz CT molecular complexity index is 278. The van der Waals surface area contributed by atoms with Gasteiger partial charge in [-0.3, -0.25) is 14.5 Å². The number of methoxy groups -OCH3 is 1. The van der Waals surface area contributed by atoms with Gasteiger partial charge >= 0.3 is 5.97 Å². The summed E-state index contributed by atoms with van der Waals surface area (Å²) in [4.78, 5) is 25.0. The Morgan fingerprint density at radius 1 is 1.38 bits per heavy atom. The molecule has 0 aromatic carbocycles. The van der Waals surface area contributed by atoms with E-state index in [1.54, 1.807) is 0 Å². The number of likely N-dealkylation sites (tertiary alicyclic amines) is 1. The first-order chi connectivity index (χ1) is 7.47. The second-order valence-electron chi connectivity index (χ2n) is 4.40. The molecular formula is C11H20N2O3. The number of carbonyl (C=O) groups is 2. The Morgan fingerprint density at radius 2 is 2.00 bits per heavy atom. The summed E-state index contributed by atoms with van der Waals surface area (Å²) >= 11 is 0. The normalized spacial score (nSPS) is 22.4. The third kappa shape index (κ3) is 2.72. The molecule has 1 fully saturated rings. The van der Waals surface area contributed by atoms with Crippen LogP contribution in [0.15, 0.2) is 0 Å². The smallest absolute Gasteiger partial charge is 0.323 e. The monoisotopic (exact) mass is 228 g/mol. The maximum atomic E-state index is 11.7. The van der Waals surface area contributed by atoms with E-state index < -0.39 is 0 Å². The molecule has 0 aromatic heterocycles. The van der Waals surface area contributed by atoms with Crippen LogP contribution in [0.3, 0.4) is 0 Å². The Hall–Kier alpha value is -1.10. The molecule has 2 atom stereocenters. The second kappa shape index (κ2) is 5.30. The molecule has 0 aromatic rings. The molecule has 2 unspecified atom stereocenters. The largest absolute Gasteiger partial charge is 0.468 e. The number of amides is 1. The highest BCUT2D eigenvalue weighted by molar-refractivity contribution is 5.83. The zero-order chi connectivity index (χ0) is 12.3. The molecule has 5 heteroatoms. The van der Waals surface area contributed by atoms with E-state index in [0.717, 1.165) is 13.0 Å². The third-order valence-corrected chi connectivity index (χ3v) is 2.84. The average molecular weight is 228 g/mol. The van der Waals surface area contributed by atoms with Crippen LogP contribution >= 0.6 is 0 Å². The number of hydrogen-bond donors (Lipinski definition) is 1. The number of nitrogens with zero attached hydrogens (tertiary/aromatic N) is 1. The molecule has 92 valence electrons. The van der Waals surface area contributed by atoms with Gasteiger partial charge in [-0.15, -0.1) is 0 Å². The third-order valence-electron chi connectivity index (χ3n) is 2.84. The van der Waals surface area contributed by atoms with Crippen LogP contribution < -0.4 is 5.32 Å². The van der Waals surface area contributed by atoms with Crippen LogP contribution in [0, 0.1) is 0 Å². The summed E-state index contributed by atoms with van der Waals surface area (Å²) < 4.78 is 4.68. The molecule has 1 heterocycles. The molecule has 1 amide bonds. The van der Waals surface area contributed by atoms with E-state index in [0.29, 0.717) is 0 Å². The predicted octanol–water partition coefficient (Wildman–Crippen LogP) is 0.147. The SMILES string of the molecule is COC(=O)C1CCN1C(C)C(=O)NC(C)C. The zero-order valence-electron chi connectivity index (χ0n) is 10.3. The van der Waals surface area contributed by atoms with E-state index >= 15 is 0 Å². The number of ether oxygens (including phenoxy) is 1. The van der Waals surface area contributed by atoms with Crippen LogP contribution in [-0.2, 0) is 14.3 Å². The van der Waals surface area contributed by atoms with Gasteiger partial charge in [-0.1, -0.05) is 0 Å². The quantitative estimate of drug-likeness (QED) is 0.696. The van der Waals surface area contributed by atoms with E-state index in [-0.39, 0.29) is 30.0 Å².